The molecule has 6 nitrogen and oxygen atoms in total. The molecule has 3 N–H and O–H groups in total. The number of rotatable bonds is 4. The Kier molecular flexibility index (Phi) is 3.37. The number of anilines is 1. The molecule has 102 valence electrons. The van der Waals surface area contributed by atoms with Crippen molar-refractivity contribution in [1.82, 2.24) is 5.32 Å². The summed E-state index contributed by atoms with van der Waals surface area (Å²) in [6.45, 7) is 2.53. The van der Waals surface area contributed by atoms with Gasteiger partial charge in [-0.2, -0.15) is 0 Å². The van der Waals surface area contributed by atoms with Gasteiger partial charge in [-0.25, -0.2) is 4.39 Å². The lowest BCUT2D eigenvalue weighted by Crippen LogP contribution is -2.26. The first-order chi connectivity index (χ1) is 8.90. The van der Waals surface area contributed by atoms with E-state index in [4.69, 9.17) is 5.73 Å². The van der Waals surface area contributed by atoms with Gasteiger partial charge in [0.15, 0.2) is 5.82 Å². The fraction of sp³-hybridized carbons (Fsp3) is 0.417. The average Bonchev–Trinajstić information content (AvgIpc) is 3.05. The van der Waals surface area contributed by atoms with Gasteiger partial charge in [-0.1, -0.05) is 6.92 Å². The predicted molar refractivity (Wildman–Crippen MR) is 67.1 cm³/mol. The van der Waals surface area contributed by atoms with Crippen molar-refractivity contribution in [3.63, 3.8) is 0 Å². The smallest absolute Gasteiger partial charge is 0.285 e. The number of nitrogens with two attached hydrogens (primary N) is 1. The maximum absolute atomic E-state index is 13.2. The molecule has 2 unspecified atom stereocenters. The van der Waals surface area contributed by atoms with Gasteiger partial charge >= 0.3 is 0 Å². The van der Waals surface area contributed by atoms with E-state index in [-0.39, 0.29) is 11.3 Å². The van der Waals surface area contributed by atoms with Crippen molar-refractivity contribution in [2.45, 2.75) is 13.3 Å². The monoisotopic (exact) mass is 267 g/mol. The molecule has 1 fully saturated rings. The number of carbonyl (C=O) groups is 1. The quantitative estimate of drug-likeness (QED) is 0.492. The van der Waals surface area contributed by atoms with Crippen LogP contribution in [0.15, 0.2) is 12.1 Å². The molecule has 0 heterocycles. The normalized spacial score (nSPS) is 20.9. The van der Waals surface area contributed by atoms with E-state index >= 15 is 0 Å². The number of halogens is 1. The molecule has 1 aliphatic rings. The number of benzene rings is 1. The van der Waals surface area contributed by atoms with Crippen molar-refractivity contribution < 1.29 is 14.1 Å². The molecule has 1 aliphatic carbocycles. The van der Waals surface area contributed by atoms with Crippen LogP contribution >= 0.6 is 0 Å². The van der Waals surface area contributed by atoms with Crippen LogP contribution in [0.5, 0.6) is 0 Å². The summed E-state index contributed by atoms with van der Waals surface area (Å²) in [4.78, 5) is 21.9. The molecular weight excluding hydrogens is 253 g/mol. The number of amides is 1. The maximum atomic E-state index is 13.2. The summed E-state index contributed by atoms with van der Waals surface area (Å²) in [6.07, 6.45) is 1.04. The summed E-state index contributed by atoms with van der Waals surface area (Å²) in [6, 6.07) is 1.67. The SMILES string of the molecule is CC1CC1CNC(=O)c1cc(N)c(F)cc1[N+](=O)[O-]. The van der Waals surface area contributed by atoms with Crippen molar-refractivity contribution in [3.05, 3.63) is 33.6 Å². The van der Waals surface area contributed by atoms with E-state index in [1.54, 1.807) is 0 Å². The van der Waals surface area contributed by atoms with Crippen molar-refractivity contribution in [2.75, 3.05) is 12.3 Å². The summed E-state index contributed by atoms with van der Waals surface area (Å²) in [5.41, 5.74) is 4.27. The lowest BCUT2D eigenvalue weighted by Gasteiger charge is -2.06. The molecule has 19 heavy (non-hydrogen) atoms. The second kappa shape index (κ2) is 4.83. The Balaban J connectivity index is 2.19. The Bertz CT molecular complexity index is 547. The van der Waals surface area contributed by atoms with E-state index in [1.165, 1.54) is 0 Å². The van der Waals surface area contributed by atoms with Crippen molar-refractivity contribution in [1.29, 1.82) is 0 Å². The van der Waals surface area contributed by atoms with Crippen LogP contribution in [0, 0.1) is 27.8 Å². The number of nitrogens with one attached hydrogen (secondary N) is 1. The van der Waals surface area contributed by atoms with Gasteiger partial charge in [0.25, 0.3) is 11.6 Å². The van der Waals surface area contributed by atoms with Crippen molar-refractivity contribution in [3.8, 4) is 0 Å². The maximum Gasteiger partial charge on any atom is 0.285 e. The fourth-order valence-corrected chi connectivity index (χ4v) is 1.91. The third-order valence-electron chi connectivity index (χ3n) is 3.36. The molecule has 2 rings (SSSR count). The first kappa shape index (κ1) is 13.3. The Morgan fingerprint density at radius 3 is 2.79 bits per heavy atom. The third kappa shape index (κ3) is 2.81. The predicted octanol–water partition coefficient (Wildman–Crippen LogP) is 1.70. The number of hydrogen-bond donors (Lipinski definition) is 2. The molecule has 0 bridgehead atoms. The largest absolute Gasteiger partial charge is 0.396 e. The highest BCUT2D eigenvalue weighted by Crippen LogP contribution is 2.36. The van der Waals surface area contributed by atoms with Crippen LogP contribution < -0.4 is 11.1 Å². The second-order valence-electron chi connectivity index (χ2n) is 4.83. The zero-order chi connectivity index (χ0) is 14.2. The molecule has 1 aromatic rings. The average molecular weight is 267 g/mol. The van der Waals surface area contributed by atoms with E-state index in [9.17, 15) is 19.3 Å². The second-order valence-corrected chi connectivity index (χ2v) is 4.83. The van der Waals surface area contributed by atoms with Gasteiger partial charge in [0.1, 0.15) is 5.56 Å². The lowest BCUT2D eigenvalue weighted by atomic mass is 10.1. The summed E-state index contributed by atoms with van der Waals surface area (Å²) in [5.74, 6) is -0.522. The number of carbonyl (C=O) groups excluding carboxylic acids is 1. The molecule has 1 amide bonds. The minimum absolute atomic E-state index is 0.211. The first-order valence-corrected chi connectivity index (χ1v) is 5.91. The lowest BCUT2D eigenvalue weighted by molar-refractivity contribution is -0.385. The number of nitrogen functional groups attached to an aromatic ring is 1. The van der Waals surface area contributed by atoms with Crippen LogP contribution in [0.4, 0.5) is 15.8 Å². The highest BCUT2D eigenvalue weighted by atomic mass is 19.1. The molecule has 0 spiro atoms. The van der Waals surface area contributed by atoms with Crippen LogP contribution in [0.25, 0.3) is 0 Å². The van der Waals surface area contributed by atoms with Crippen LogP contribution in [0.3, 0.4) is 0 Å². The summed E-state index contributed by atoms with van der Waals surface area (Å²) < 4.78 is 13.2. The van der Waals surface area contributed by atoms with E-state index in [0.717, 1.165) is 12.5 Å². The Labute approximate surface area is 108 Å². The zero-order valence-corrected chi connectivity index (χ0v) is 10.4. The van der Waals surface area contributed by atoms with Crippen LogP contribution in [0.2, 0.25) is 0 Å². The minimum Gasteiger partial charge on any atom is -0.396 e. The molecule has 0 radical (unpaired) electrons. The summed E-state index contributed by atoms with van der Waals surface area (Å²) >= 11 is 0. The molecule has 0 aliphatic heterocycles. The third-order valence-corrected chi connectivity index (χ3v) is 3.36. The van der Waals surface area contributed by atoms with Crippen molar-refractivity contribution in [2.24, 2.45) is 11.8 Å². The Morgan fingerprint density at radius 1 is 1.63 bits per heavy atom. The minimum atomic E-state index is -0.904. The van der Waals surface area contributed by atoms with E-state index < -0.39 is 22.3 Å². The van der Waals surface area contributed by atoms with Gasteiger partial charge in [-0.3, -0.25) is 14.9 Å². The molecule has 1 saturated carbocycles. The Morgan fingerprint density at radius 2 is 2.26 bits per heavy atom. The van der Waals surface area contributed by atoms with Gasteiger partial charge in [0.05, 0.1) is 16.7 Å². The van der Waals surface area contributed by atoms with Gasteiger partial charge in [-0.15, -0.1) is 0 Å². The van der Waals surface area contributed by atoms with E-state index in [2.05, 4.69) is 12.2 Å². The highest BCUT2D eigenvalue weighted by Gasteiger charge is 2.33. The van der Waals surface area contributed by atoms with Gasteiger partial charge < -0.3 is 11.1 Å². The number of nitro groups is 1. The molecule has 0 saturated heterocycles. The van der Waals surface area contributed by atoms with E-state index in [1.807, 2.05) is 0 Å². The number of nitro benzene ring substituents is 1. The standard InChI is InChI=1S/C12H14FN3O3/c1-6-2-7(6)5-15-12(17)8-3-10(14)9(13)4-11(8)16(18)19/h3-4,6-7H,2,5,14H2,1H3,(H,15,17). The van der Waals surface area contributed by atoms with Crippen LogP contribution in [-0.4, -0.2) is 17.4 Å². The number of nitrogens with zero attached hydrogens (tertiary/aromatic N) is 1. The molecular formula is C12H14FN3O3. The zero-order valence-electron chi connectivity index (χ0n) is 10.4. The van der Waals surface area contributed by atoms with E-state index in [0.29, 0.717) is 24.4 Å². The van der Waals surface area contributed by atoms with Crippen molar-refractivity contribution >= 4 is 17.3 Å². The molecule has 0 aromatic heterocycles. The molecule has 1 aromatic carbocycles. The topological polar surface area (TPSA) is 98.3 Å². The summed E-state index contributed by atoms with van der Waals surface area (Å²) in [7, 11) is 0. The van der Waals surface area contributed by atoms with Crippen LogP contribution in [-0.2, 0) is 0 Å². The molecule has 2 atom stereocenters. The van der Waals surface area contributed by atoms with Crippen LogP contribution in [0.1, 0.15) is 23.7 Å². The molecule has 7 heteroatoms. The summed E-state index contributed by atoms with van der Waals surface area (Å²) in [5, 5.41) is 13.4. The fourth-order valence-electron chi connectivity index (χ4n) is 1.91. The highest BCUT2D eigenvalue weighted by molar-refractivity contribution is 5.99. The van der Waals surface area contributed by atoms with Gasteiger partial charge in [0, 0.05) is 6.54 Å². The first-order valence-electron chi connectivity index (χ1n) is 5.91. The van der Waals surface area contributed by atoms with Gasteiger partial charge in [0.2, 0.25) is 0 Å². The number of hydrogen-bond acceptors (Lipinski definition) is 4. The van der Waals surface area contributed by atoms with Gasteiger partial charge in [-0.05, 0) is 24.3 Å². The Hall–Kier alpha value is -2.18.